The summed E-state index contributed by atoms with van der Waals surface area (Å²) in [7, 11) is 0. The first-order valence-electron chi connectivity index (χ1n) is 18.7. The van der Waals surface area contributed by atoms with Crippen molar-refractivity contribution in [1.29, 1.82) is 0 Å². The zero-order valence-electron chi connectivity index (χ0n) is 29.8. The molecular formula is C53H36. The summed E-state index contributed by atoms with van der Waals surface area (Å²) in [6.45, 7) is 4.78. The Morgan fingerprint density at radius 3 is 1.47 bits per heavy atom. The molecule has 0 atom stereocenters. The van der Waals surface area contributed by atoms with E-state index in [0.29, 0.717) is 0 Å². The zero-order chi connectivity index (χ0) is 35.3. The Morgan fingerprint density at radius 2 is 0.774 bits per heavy atom. The van der Waals surface area contributed by atoms with Crippen LogP contribution in [-0.4, -0.2) is 0 Å². The molecule has 0 bridgehead atoms. The van der Waals surface area contributed by atoms with Crippen LogP contribution in [0, 0.1) is 0 Å². The smallest absolute Gasteiger partial charge is 0.0165 e. The van der Waals surface area contributed by atoms with Crippen LogP contribution in [0.15, 0.2) is 182 Å². The molecule has 0 N–H and O–H groups in total. The molecular weight excluding hydrogens is 637 g/mol. The molecule has 0 spiro atoms. The number of rotatable bonds is 3. The van der Waals surface area contributed by atoms with E-state index in [4.69, 9.17) is 0 Å². The summed E-state index contributed by atoms with van der Waals surface area (Å²) in [4.78, 5) is 0. The summed E-state index contributed by atoms with van der Waals surface area (Å²) in [5.41, 5.74) is 13.2. The third-order valence-corrected chi connectivity index (χ3v) is 12.0. The van der Waals surface area contributed by atoms with E-state index in [9.17, 15) is 0 Å². The predicted molar refractivity (Wildman–Crippen MR) is 228 cm³/mol. The summed E-state index contributed by atoms with van der Waals surface area (Å²) in [6, 6.07) is 67.8. The highest BCUT2D eigenvalue weighted by Crippen LogP contribution is 2.54. The molecule has 10 aromatic rings. The molecule has 11 rings (SSSR count). The highest BCUT2D eigenvalue weighted by Gasteiger charge is 2.38. The van der Waals surface area contributed by atoms with Crippen molar-refractivity contribution >= 4 is 53.9 Å². The van der Waals surface area contributed by atoms with Crippen LogP contribution in [0.2, 0.25) is 0 Å². The van der Waals surface area contributed by atoms with Gasteiger partial charge < -0.3 is 0 Å². The molecule has 53 heavy (non-hydrogen) atoms. The topological polar surface area (TPSA) is 0 Å². The van der Waals surface area contributed by atoms with Gasteiger partial charge in [0.1, 0.15) is 0 Å². The van der Waals surface area contributed by atoms with Crippen LogP contribution in [0.3, 0.4) is 0 Å². The van der Waals surface area contributed by atoms with Gasteiger partial charge in [0.2, 0.25) is 0 Å². The van der Waals surface area contributed by atoms with Crippen molar-refractivity contribution in [2.45, 2.75) is 19.3 Å². The molecule has 0 heteroatoms. The second-order valence-corrected chi connectivity index (χ2v) is 15.2. The molecule has 10 aromatic carbocycles. The molecule has 0 fully saturated rings. The summed E-state index contributed by atoms with van der Waals surface area (Å²) in [5, 5.41) is 12.8. The van der Waals surface area contributed by atoms with Crippen molar-refractivity contribution in [1.82, 2.24) is 0 Å². The van der Waals surface area contributed by atoms with Crippen molar-refractivity contribution in [3.63, 3.8) is 0 Å². The molecule has 0 saturated heterocycles. The van der Waals surface area contributed by atoms with Gasteiger partial charge in [0, 0.05) is 5.41 Å². The van der Waals surface area contributed by atoms with Crippen LogP contribution in [0.1, 0.15) is 25.0 Å². The first-order valence-corrected chi connectivity index (χ1v) is 18.7. The van der Waals surface area contributed by atoms with Gasteiger partial charge in [-0.1, -0.05) is 184 Å². The van der Waals surface area contributed by atoms with Gasteiger partial charge in [-0.3, -0.25) is 0 Å². The maximum Gasteiger partial charge on any atom is 0.0165 e. The van der Waals surface area contributed by atoms with Gasteiger partial charge in [-0.25, -0.2) is 0 Å². The van der Waals surface area contributed by atoms with E-state index >= 15 is 0 Å². The van der Waals surface area contributed by atoms with Crippen LogP contribution in [0.25, 0.3) is 98.4 Å². The SMILES string of the molecule is CC1(C)c2ccc3ccccc3c2-c2cccc(-c3ccc4cc(-c5c6ccccc6c(-c6cccc7ccccc67)c6ccccc56)ccc4c3)c21. The quantitative estimate of drug-likeness (QED) is 0.164. The average molecular weight is 673 g/mol. The third-order valence-electron chi connectivity index (χ3n) is 12.0. The molecule has 0 radical (unpaired) electrons. The molecule has 0 saturated carbocycles. The van der Waals surface area contributed by atoms with Gasteiger partial charge in [-0.15, -0.1) is 0 Å². The van der Waals surface area contributed by atoms with E-state index in [2.05, 4.69) is 196 Å². The molecule has 0 heterocycles. The Kier molecular flexibility index (Phi) is 6.40. The van der Waals surface area contributed by atoms with Crippen molar-refractivity contribution in [2.24, 2.45) is 0 Å². The Morgan fingerprint density at radius 1 is 0.302 bits per heavy atom. The van der Waals surface area contributed by atoms with Gasteiger partial charge in [0.15, 0.2) is 0 Å². The van der Waals surface area contributed by atoms with Crippen LogP contribution >= 0.6 is 0 Å². The van der Waals surface area contributed by atoms with Crippen LogP contribution in [-0.2, 0) is 5.41 Å². The molecule has 0 nitrogen and oxygen atoms in total. The predicted octanol–water partition coefficient (Wildman–Crippen LogP) is 14.8. The van der Waals surface area contributed by atoms with Crippen molar-refractivity contribution in [3.8, 4) is 44.5 Å². The fraction of sp³-hybridized carbons (Fsp3) is 0.0566. The monoisotopic (exact) mass is 672 g/mol. The first-order chi connectivity index (χ1) is 26.1. The summed E-state index contributed by atoms with van der Waals surface area (Å²) in [5.74, 6) is 0. The van der Waals surface area contributed by atoms with Crippen LogP contribution in [0.4, 0.5) is 0 Å². The summed E-state index contributed by atoms with van der Waals surface area (Å²) < 4.78 is 0. The molecule has 0 aromatic heterocycles. The zero-order valence-corrected chi connectivity index (χ0v) is 29.8. The van der Waals surface area contributed by atoms with Crippen LogP contribution < -0.4 is 0 Å². The van der Waals surface area contributed by atoms with E-state index in [1.54, 1.807) is 0 Å². The standard InChI is InChI=1S/C53H36/c1-53(2)48-30-29-34-14-4-6-17-40(34)51(48)47-24-12-22-41(52(47)53)37-27-25-36-32-38(28-26-35(36)31-37)49-43-18-7-9-20-45(43)50(46-21-10-8-19-44(46)49)42-23-11-15-33-13-3-5-16-39(33)42/h3-32H,1-2H3. The first kappa shape index (κ1) is 30.2. The van der Waals surface area contributed by atoms with Gasteiger partial charge in [-0.05, 0) is 122 Å². The number of hydrogen-bond acceptors (Lipinski definition) is 0. The molecule has 248 valence electrons. The average Bonchev–Trinajstić information content (AvgIpc) is 3.45. The summed E-state index contributed by atoms with van der Waals surface area (Å²) >= 11 is 0. The minimum absolute atomic E-state index is 0.107. The maximum absolute atomic E-state index is 2.40. The van der Waals surface area contributed by atoms with Crippen molar-refractivity contribution in [3.05, 3.63) is 193 Å². The molecule has 0 aliphatic heterocycles. The van der Waals surface area contributed by atoms with E-state index in [1.165, 1.54) is 109 Å². The van der Waals surface area contributed by atoms with E-state index < -0.39 is 0 Å². The Balaban J connectivity index is 1.08. The Labute approximate surface area is 309 Å². The second kappa shape index (κ2) is 11.2. The maximum atomic E-state index is 2.40. The highest BCUT2D eigenvalue weighted by atomic mass is 14.4. The lowest BCUT2D eigenvalue weighted by molar-refractivity contribution is 0.662. The lowest BCUT2D eigenvalue weighted by Crippen LogP contribution is -2.16. The molecule has 0 unspecified atom stereocenters. The Bertz CT molecular complexity index is 3080. The number of hydrogen-bond donors (Lipinski definition) is 0. The largest absolute Gasteiger partial charge is 0.0616 e. The van der Waals surface area contributed by atoms with Gasteiger partial charge in [0.25, 0.3) is 0 Å². The third kappa shape index (κ3) is 4.36. The molecule has 0 amide bonds. The number of benzene rings is 10. The molecule has 1 aliphatic rings. The minimum atomic E-state index is -0.107. The highest BCUT2D eigenvalue weighted by molar-refractivity contribution is 6.23. The van der Waals surface area contributed by atoms with E-state index in [-0.39, 0.29) is 5.41 Å². The van der Waals surface area contributed by atoms with E-state index in [1.807, 2.05) is 0 Å². The van der Waals surface area contributed by atoms with Crippen molar-refractivity contribution in [2.75, 3.05) is 0 Å². The molecule has 1 aliphatic carbocycles. The second-order valence-electron chi connectivity index (χ2n) is 15.2. The van der Waals surface area contributed by atoms with Crippen molar-refractivity contribution < 1.29 is 0 Å². The minimum Gasteiger partial charge on any atom is -0.0616 e. The normalized spacial score (nSPS) is 13.2. The lowest BCUT2D eigenvalue weighted by atomic mass is 9.78. The van der Waals surface area contributed by atoms with Gasteiger partial charge in [0.05, 0.1) is 0 Å². The fourth-order valence-electron chi connectivity index (χ4n) is 9.63. The van der Waals surface area contributed by atoms with Gasteiger partial charge >= 0.3 is 0 Å². The van der Waals surface area contributed by atoms with E-state index in [0.717, 1.165) is 0 Å². The fourth-order valence-corrected chi connectivity index (χ4v) is 9.63. The van der Waals surface area contributed by atoms with Crippen LogP contribution in [0.5, 0.6) is 0 Å². The summed E-state index contributed by atoms with van der Waals surface area (Å²) in [6.07, 6.45) is 0. The van der Waals surface area contributed by atoms with Gasteiger partial charge in [-0.2, -0.15) is 0 Å². The lowest BCUT2D eigenvalue weighted by Gasteiger charge is -2.24. The number of fused-ring (bicyclic) bond motifs is 9. The Hall–Kier alpha value is -6.50.